The van der Waals surface area contributed by atoms with Gasteiger partial charge in [0.05, 0.1) is 5.92 Å². The summed E-state index contributed by atoms with van der Waals surface area (Å²) in [7, 11) is 0. The molecule has 0 saturated heterocycles. The van der Waals surface area contributed by atoms with Crippen molar-refractivity contribution >= 4 is 5.97 Å². The van der Waals surface area contributed by atoms with E-state index in [1.54, 1.807) is 0 Å². The van der Waals surface area contributed by atoms with Crippen molar-refractivity contribution in [3.05, 3.63) is 35.4 Å². The van der Waals surface area contributed by atoms with Crippen LogP contribution in [0, 0.1) is 18.8 Å². The van der Waals surface area contributed by atoms with Crippen molar-refractivity contribution < 1.29 is 9.90 Å². The van der Waals surface area contributed by atoms with Crippen molar-refractivity contribution in [1.29, 1.82) is 0 Å². The number of aryl methyl sites for hydroxylation is 1. The summed E-state index contributed by atoms with van der Waals surface area (Å²) in [4.78, 5) is 11.4. The van der Waals surface area contributed by atoms with Gasteiger partial charge in [-0.25, -0.2) is 0 Å². The van der Waals surface area contributed by atoms with Crippen LogP contribution < -0.4 is 0 Å². The van der Waals surface area contributed by atoms with Gasteiger partial charge >= 0.3 is 5.97 Å². The molecule has 0 aliphatic rings. The molecule has 1 unspecified atom stereocenters. The third-order valence-corrected chi connectivity index (χ3v) is 3.69. The van der Waals surface area contributed by atoms with Gasteiger partial charge in [0.25, 0.3) is 0 Å². The minimum Gasteiger partial charge on any atom is -0.481 e. The molecule has 1 aromatic rings. The van der Waals surface area contributed by atoms with Gasteiger partial charge in [0, 0.05) is 0 Å². The molecule has 1 rings (SSSR count). The van der Waals surface area contributed by atoms with Crippen LogP contribution in [-0.2, 0) is 11.2 Å². The Kier molecular flexibility index (Phi) is 5.90. The third kappa shape index (κ3) is 4.52. The molecule has 0 amide bonds. The average molecular weight is 248 g/mol. The van der Waals surface area contributed by atoms with Gasteiger partial charge in [-0.3, -0.25) is 4.79 Å². The number of aliphatic carboxylic acids is 1. The number of hydrogen-bond acceptors (Lipinski definition) is 1. The Bertz CT molecular complexity index is 380. The molecule has 0 aliphatic carbocycles. The molecule has 0 spiro atoms. The number of carbonyl (C=O) groups is 1. The molecule has 2 nitrogen and oxygen atoms in total. The zero-order valence-corrected chi connectivity index (χ0v) is 11.6. The fourth-order valence-corrected chi connectivity index (χ4v) is 2.42. The molecule has 0 saturated carbocycles. The van der Waals surface area contributed by atoms with E-state index in [0.717, 1.165) is 24.8 Å². The number of carboxylic acids is 1. The molecule has 1 aromatic carbocycles. The van der Waals surface area contributed by atoms with E-state index in [-0.39, 0.29) is 5.92 Å². The van der Waals surface area contributed by atoms with E-state index in [4.69, 9.17) is 0 Å². The Morgan fingerprint density at radius 2 is 1.94 bits per heavy atom. The first kappa shape index (κ1) is 14.7. The van der Waals surface area contributed by atoms with Crippen molar-refractivity contribution in [2.24, 2.45) is 11.8 Å². The quantitative estimate of drug-likeness (QED) is 0.790. The zero-order chi connectivity index (χ0) is 13.5. The minimum atomic E-state index is -0.664. The van der Waals surface area contributed by atoms with Gasteiger partial charge in [-0.1, -0.05) is 56.5 Å². The van der Waals surface area contributed by atoms with Gasteiger partial charge in [0.15, 0.2) is 0 Å². The van der Waals surface area contributed by atoms with Crippen molar-refractivity contribution in [3.8, 4) is 0 Å². The first-order valence-corrected chi connectivity index (χ1v) is 6.85. The summed E-state index contributed by atoms with van der Waals surface area (Å²) >= 11 is 0. The predicted molar refractivity (Wildman–Crippen MR) is 74.7 cm³/mol. The van der Waals surface area contributed by atoms with E-state index in [0.29, 0.717) is 12.3 Å². The fraction of sp³-hybridized carbons (Fsp3) is 0.562. The Morgan fingerprint density at radius 3 is 2.44 bits per heavy atom. The topological polar surface area (TPSA) is 37.3 Å². The molecular weight excluding hydrogens is 224 g/mol. The second-order valence-electron chi connectivity index (χ2n) is 5.15. The lowest BCUT2D eigenvalue weighted by Crippen LogP contribution is -2.20. The maximum Gasteiger partial charge on any atom is 0.306 e. The molecule has 0 radical (unpaired) electrons. The van der Waals surface area contributed by atoms with E-state index >= 15 is 0 Å². The number of carboxylic acid groups (broad SMARTS) is 1. The van der Waals surface area contributed by atoms with Crippen LogP contribution in [0.5, 0.6) is 0 Å². The molecule has 0 fully saturated rings. The number of hydrogen-bond donors (Lipinski definition) is 1. The van der Waals surface area contributed by atoms with E-state index in [1.165, 1.54) is 5.56 Å². The predicted octanol–water partition coefficient (Wildman–Crippen LogP) is 4.06. The van der Waals surface area contributed by atoms with Crippen LogP contribution in [-0.4, -0.2) is 11.1 Å². The normalized spacial score (nSPS) is 12.7. The molecule has 18 heavy (non-hydrogen) atoms. The molecule has 0 heterocycles. The van der Waals surface area contributed by atoms with E-state index in [9.17, 15) is 9.90 Å². The molecule has 1 atom stereocenters. The Hall–Kier alpha value is -1.31. The summed E-state index contributed by atoms with van der Waals surface area (Å²) in [6.07, 6.45) is 3.56. The minimum absolute atomic E-state index is 0.253. The molecule has 100 valence electrons. The van der Waals surface area contributed by atoms with Gasteiger partial charge in [-0.2, -0.15) is 0 Å². The van der Waals surface area contributed by atoms with Gasteiger partial charge in [-0.05, 0) is 31.2 Å². The Labute approximate surface area is 110 Å². The van der Waals surface area contributed by atoms with Crippen LogP contribution >= 0.6 is 0 Å². The van der Waals surface area contributed by atoms with Crippen molar-refractivity contribution in [2.75, 3.05) is 0 Å². The van der Waals surface area contributed by atoms with Gasteiger partial charge < -0.3 is 5.11 Å². The highest BCUT2D eigenvalue weighted by atomic mass is 16.4. The summed E-state index contributed by atoms with van der Waals surface area (Å²) in [6.45, 7) is 6.32. The highest BCUT2D eigenvalue weighted by Gasteiger charge is 2.21. The first-order chi connectivity index (χ1) is 8.56. The monoisotopic (exact) mass is 248 g/mol. The lowest BCUT2D eigenvalue weighted by molar-refractivity contribution is -0.142. The first-order valence-electron chi connectivity index (χ1n) is 6.85. The molecule has 2 heteroatoms. The molecular formula is C16H24O2. The Balaban J connectivity index is 2.71. The van der Waals surface area contributed by atoms with Crippen LogP contribution in [0.1, 0.15) is 44.2 Å². The second kappa shape index (κ2) is 7.20. The molecule has 0 aliphatic heterocycles. The van der Waals surface area contributed by atoms with Crippen molar-refractivity contribution in [2.45, 2.75) is 46.5 Å². The van der Waals surface area contributed by atoms with Crippen molar-refractivity contribution in [1.82, 2.24) is 0 Å². The lowest BCUT2D eigenvalue weighted by Gasteiger charge is -2.18. The highest BCUT2D eigenvalue weighted by molar-refractivity contribution is 5.70. The molecule has 0 bridgehead atoms. The summed E-state index contributed by atoms with van der Waals surface area (Å²) < 4.78 is 0. The van der Waals surface area contributed by atoms with Crippen LogP contribution in [0.2, 0.25) is 0 Å². The zero-order valence-electron chi connectivity index (χ0n) is 11.6. The summed E-state index contributed by atoms with van der Waals surface area (Å²) in [6, 6.07) is 8.15. The van der Waals surface area contributed by atoms with Crippen LogP contribution in [0.3, 0.4) is 0 Å². The summed E-state index contributed by atoms with van der Waals surface area (Å²) in [5.41, 5.74) is 2.33. The second-order valence-corrected chi connectivity index (χ2v) is 5.15. The van der Waals surface area contributed by atoms with E-state index in [2.05, 4.69) is 19.9 Å². The lowest BCUT2D eigenvalue weighted by atomic mass is 9.86. The Morgan fingerprint density at radius 1 is 1.28 bits per heavy atom. The van der Waals surface area contributed by atoms with Crippen molar-refractivity contribution in [3.63, 3.8) is 0 Å². The van der Waals surface area contributed by atoms with Crippen LogP contribution in [0.25, 0.3) is 0 Å². The maximum absolute atomic E-state index is 11.4. The average Bonchev–Trinajstić information content (AvgIpc) is 2.34. The summed E-state index contributed by atoms with van der Waals surface area (Å²) in [5.74, 6) is -0.393. The number of benzene rings is 1. The standard InChI is InChI=1S/C16H24O2/c1-4-13(5-2)10-15(16(17)18)11-14-8-6-7-12(3)9-14/h6-9,13,15H,4-5,10-11H2,1-3H3,(H,17,18). The van der Waals surface area contributed by atoms with Crippen LogP contribution in [0.4, 0.5) is 0 Å². The maximum atomic E-state index is 11.4. The van der Waals surface area contributed by atoms with Crippen LogP contribution in [0.15, 0.2) is 24.3 Å². The van der Waals surface area contributed by atoms with E-state index < -0.39 is 5.97 Å². The third-order valence-electron chi connectivity index (χ3n) is 3.69. The molecule has 0 aromatic heterocycles. The fourth-order valence-electron chi connectivity index (χ4n) is 2.42. The highest BCUT2D eigenvalue weighted by Crippen LogP contribution is 2.22. The van der Waals surface area contributed by atoms with Gasteiger partial charge in [-0.15, -0.1) is 0 Å². The SMILES string of the molecule is CCC(CC)CC(Cc1cccc(C)c1)C(=O)O. The van der Waals surface area contributed by atoms with E-state index in [1.807, 2.05) is 25.1 Å². The largest absolute Gasteiger partial charge is 0.481 e. The van der Waals surface area contributed by atoms with Gasteiger partial charge in [0.1, 0.15) is 0 Å². The number of rotatable bonds is 7. The summed E-state index contributed by atoms with van der Waals surface area (Å²) in [5, 5.41) is 9.34. The molecule has 1 N–H and O–H groups in total. The van der Waals surface area contributed by atoms with Gasteiger partial charge in [0.2, 0.25) is 0 Å². The smallest absolute Gasteiger partial charge is 0.306 e.